The molecule has 1 atom stereocenters. The number of benzene rings is 2. The van der Waals surface area contributed by atoms with Crippen LogP contribution in [0, 0.1) is 0 Å². The first kappa shape index (κ1) is 17.0. The molecule has 1 unspecified atom stereocenters. The molecule has 1 heterocycles. The molecule has 2 amide bonds. The van der Waals surface area contributed by atoms with Gasteiger partial charge in [0.2, 0.25) is 0 Å². The Kier molecular flexibility index (Phi) is 5.69. The van der Waals surface area contributed by atoms with Crippen molar-refractivity contribution < 1.29 is 9.90 Å². The zero-order chi connectivity index (χ0) is 17.5. The van der Waals surface area contributed by atoms with Crippen LogP contribution >= 0.6 is 0 Å². The van der Waals surface area contributed by atoms with Crippen LogP contribution in [0.2, 0.25) is 0 Å². The first-order valence-corrected chi connectivity index (χ1v) is 8.53. The molecule has 0 aliphatic rings. The lowest BCUT2D eigenvalue weighted by Crippen LogP contribution is -2.39. The van der Waals surface area contributed by atoms with E-state index in [2.05, 4.69) is 27.8 Å². The summed E-state index contributed by atoms with van der Waals surface area (Å²) in [5.74, 6) is 0. The van der Waals surface area contributed by atoms with E-state index in [1.54, 1.807) is 0 Å². The molecule has 1 aromatic heterocycles. The number of aromatic amines is 1. The Morgan fingerprint density at radius 3 is 2.64 bits per heavy atom. The van der Waals surface area contributed by atoms with E-state index in [0.717, 1.165) is 23.9 Å². The average Bonchev–Trinajstić information content (AvgIpc) is 3.07. The van der Waals surface area contributed by atoms with Crippen molar-refractivity contribution in [3.63, 3.8) is 0 Å². The van der Waals surface area contributed by atoms with Gasteiger partial charge in [-0.1, -0.05) is 48.5 Å². The first-order valence-electron chi connectivity index (χ1n) is 8.53. The topological polar surface area (TPSA) is 77.2 Å². The van der Waals surface area contributed by atoms with E-state index in [1.165, 1.54) is 10.9 Å². The molecule has 25 heavy (non-hydrogen) atoms. The second-order valence-electron chi connectivity index (χ2n) is 6.01. The number of aryl methyl sites for hydroxylation is 1. The van der Waals surface area contributed by atoms with Crippen LogP contribution in [-0.4, -0.2) is 29.3 Å². The van der Waals surface area contributed by atoms with Gasteiger partial charge in [0.15, 0.2) is 0 Å². The maximum atomic E-state index is 12.0. The first-order chi connectivity index (χ1) is 12.3. The van der Waals surface area contributed by atoms with Crippen molar-refractivity contribution in [2.75, 3.05) is 13.2 Å². The zero-order valence-electron chi connectivity index (χ0n) is 14.0. The van der Waals surface area contributed by atoms with E-state index in [-0.39, 0.29) is 12.6 Å². The maximum Gasteiger partial charge on any atom is 0.315 e. The van der Waals surface area contributed by atoms with E-state index in [9.17, 15) is 9.90 Å². The third-order valence-corrected chi connectivity index (χ3v) is 4.27. The number of rotatable bonds is 7. The van der Waals surface area contributed by atoms with Crippen molar-refractivity contribution in [2.45, 2.75) is 18.9 Å². The molecule has 0 saturated heterocycles. The summed E-state index contributed by atoms with van der Waals surface area (Å²) in [6, 6.07) is 17.0. The van der Waals surface area contributed by atoms with Gasteiger partial charge in [-0.3, -0.25) is 0 Å². The van der Waals surface area contributed by atoms with Crippen LogP contribution < -0.4 is 10.6 Å². The summed E-state index contributed by atoms with van der Waals surface area (Å²) in [4.78, 5) is 15.3. The van der Waals surface area contributed by atoms with Crippen LogP contribution in [0.3, 0.4) is 0 Å². The largest absolute Gasteiger partial charge is 0.394 e. The fourth-order valence-corrected chi connectivity index (χ4v) is 2.95. The van der Waals surface area contributed by atoms with Gasteiger partial charge in [-0.05, 0) is 30.0 Å². The maximum absolute atomic E-state index is 12.0. The molecular formula is C20H23N3O2. The highest BCUT2D eigenvalue weighted by Gasteiger charge is 2.12. The number of amides is 2. The number of hydrogen-bond acceptors (Lipinski definition) is 2. The van der Waals surface area contributed by atoms with Crippen molar-refractivity contribution in [2.24, 2.45) is 0 Å². The highest BCUT2D eigenvalue weighted by atomic mass is 16.3. The number of aliphatic hydroxyl groups is 1. The van der Waals surface area contributed by atoms with Gasteiger partial charge in [0.1, 0.15) is 0 Å². The number of para-hydroxylation sites is 1. The Bertz CT molecular complexity index is 814. The van der Waals surface area contributed by atoms with Gasteiger partial charge in [0.05, 0.1) is 12.6 Å². The second-order valence-corrected chi connectivity index (χ2v) is 6.01. The highest BCUT2D eigenvalue weighted by molar-refractivity contribution is 5.83. The molecule has 5 nitrogen and oxygen atoms in total. The molecule has 4 N–H and O–H groups in total. The molecule has 0 radical (unpaired) electrons. The van der Waals surface area contributed by atoms with E-state index in [0.29, 0.717) is 6.54 Å². The number of carbonyl (C=O) groups is 1. The number of aliphatic hydroxyl groups excluding tert-OH is 1. The Labute approximate surface area is 147 Å². The molecule has 0 spiro atoms. The molecule has 0 fully saturated rings. The number of fused-ring (bicyclic) bond motifs is 1. The molecule has 3 rings (SSSR count). The Morgan fingerprint density at radius 2 is 1.84 bits per heavy atom. The average molecular weight is 337 g/mol. The highest BCUT2D eigenvalue weighted by Crippen LogP contribution is 2.18. The van der Waals surface area contributed by atoms with Crippen LogP contribution in [-0.2, 0) is 6.42 Å². The molecule has 0 aliphatic heterocycles. The van der Waals surface area contributed by atoms with Gasteiger partial charge < -0.3 is 20.7 Å². The third-order valence-electron chi connectivity index (χ3n) is 4.27. The molecule has 2 aromatic carbocycles. The molecule has 130 valence electrons. The molecular weight excluding hydrogens is 314 g/mol. The number of urea groups is 1. The fourth-order valence-electron chi connectivity index (χ4n) is 2.95. The van der Waals surface area contributed by atoms with Crippen molar-refractivity contribution in [3.05, 3.63) is 71.9 Å². The van der Waals surface area contributed by atoms with Crippen LogP contribution in [0.25, 0.3) is 10.9 Å². The van der Waals surface area contributed by atoms with E-state index in [1.807, 2.05) is 48.7 Å². The smallest absolute Gasteiger partial charge is 0.315 e. The SMILES string of the molecule is O=C(NCCCc1c[nH]c2ccccc12)NC(CO)c1ccccc1. The predicted octanol–water partition coefficient (Wildman–Crippen LogP) is 3.13. The van der Waals surface area contributed by atoms with Crippen molar-refractivity contribution in [1.82, 2.24) is 15.6 Å². The summed E-state index contributed by atoms with van der Waals surface area (Å²) in [6.45, 7) is 0.449. The Hall–Kier alpha value is -2.79. The Balaban J connectivity index is 1.45. The van der Waals surface area contributed by atoms with Crippen LogP contribution in [0.5, 0.6) is 0 Å². The van der Waals surface area contributed by atoms with Gasteiger partial charge in [0.25, 0.3) is 0 Å². The zero-order valence-corrected chi connectivity index (χ0v) is 14.0. The van der Waals surface area contributed by atoms with E-state index in [4.69, 9.17) is 0 Å². The fraction of sp³-hybridized carbons (Fsp3) is 0.250. The van der Waals surface area contributed by atoms with Gasteiger partial charge in [0, 0.05) is 23.6 Å². The van der Waals surface area contributed by atoms with Crippen LogP contribution in [0.1, 0.15) is 23.6 Å². The summed E-state index contributed by atoms with van der Waals surface area (Å²) in [6.07, 6.45) is 3.78. The number of H-pyrrole nitrogens is 1. The minimum atomic E-state index is -0.394. The Morgan fingerprint density at radius 1 is 1.08 bits per heavy atom. The normalized spacial score (nSPS) is 12.0. The van der Waals surface area contributed by atoms with Gasteiger partial charge in [-0.25, -0.2) is 4.79 Å². The molecule has 0 saturated carbocycles. The summed E-state index contributed by atoms with van der Waals surface area (Å²) >= 11 is 0. The lowest BCUT2D eigenvalue weighted by molar-refractivity contribution is 0.217. The number of hydrogen-bond donors (Lipinski definition) is 4. The monoisotopic (exact) mass is 337 g/mol. The van der Waals surface area contributed by atoms with Crippen molar-refractivity contribution in [3.8, 4) is 0 Å². The lowest BCUT2D eigenvalue weighted by atomic mass is 10.1. The lowest BCUT2D eigenvalue weighted by Gasteiger charge is -2.17. The standard InChI is InChI=1S/C20H23N3O2/c24-14-19(15-7-2-1-3-8-15)23-20(25)21-12-6-9-16-13-22-18-11-5-4-10-17(16)18/h1-5,7-8,10-11,13,19,22,24H,6,9,12,14H2,(H2,21,23,25). The van der Waals surface area contributed by atoms with Crippen LogP contribution in [0.4, 0.5) is 4.79 Å². The molecule has 5 heteroatoms. The van der Waals surface area contributed by atoms with E-state index >= 15 is 0 Å². The van der Waals surface area contributed by atoms with Crippen molar-refractivity contribution >= 4 is 16.9 Å². The van der Waals surface area contributed by atoms with Crippen molar-refractivity contribution in [1.29, 1.82) is 0 Å². The third kappa shape index (κ3) is 4.39. The predicted molar refractivity (Wildman–Crippen MR) is 99.4 cm³/mol. The summed E-state index contributed by atoms with van der Waals surface area (Å²) in [5.41, 5.74) is 3.28. The second kappa shape index (κ2) is 8.35. The minimum Gasteiger partial charge on any atom is -0.394 e. The molecule has 0 aliphatic carbocycles. The van der Waals surface area contributed by atoms with Gasteiger partial charge in [-0.15, -0.1) is 0 Å². The quantitative estimate of drug-likeness (QED) is 0.500. The summed E-state index contributed by atoms with van der Waals surface area (Å²) in [7, 11) is 0. The number of carbonyl (C=O) groups excluding carboxylic acids is 1. The molecule has 0 bridgehead atoms. The van der Waals surface area contributed by atoms with Gasteiger partial charge in [-0.2, -0.15) is 0 Å². The number of aromatic nitrogens is 1. The van der Waals surface area contributed by atoms with Gasteiger partial charge >= 0.3 is 6.03 Å². The van der Waals surface area contributed by atoms with Crippen LogP contribution in [0.15, 0.2) is 60.8 Å². The number of nitrogens with one attached hydrogen (secondary N) is 3. The summed E-state index contributed by atoms with van der Waals surface area (Å²) in [5, 5.41) is 16.4. The molecule has 3 aromatic rings. The summed E-state index contributed by atoms with van der Waals surface area (Å²) < 4.78 is 0. The minimum absolute atomic E-state index is 0.132. The van der Waals surface area contributed by atoms with E-state index < -0.39 is 6.04 Å².